The van der Waals surface area contributed by atoms with Crippen LogP contribution in [-0.2, 0) is 0 Å². The Hall–Kier alpha value is -2.50. The van der Waals surface area contributed by atoms with Gasteiger partial charge in [-0.25, -0.2) is 4.98 Å². The summed E-state index contributed by atoms with van der Waals surface area (Å²) in [4.78, 5) is 14.1. The van der Waals surface area contributed by atoms with Crippen LogP contribution in [0.15, 0.2) is 6.07 Å². The van der Waals surface area contributed by atoms with E-state index in [-0.39, 0.29) is 0 Å². The van der Waals surface area contributed by atoms with Gasteiger partial charge in [-0.2, -0.15) is 5.26 Å². The van der Waals surface area contributed by atoms with Crippen molar-refractivity contribution >= 4 is 11.7 Å². The lowest BCUT2D eigenvalue weighted by atomic mass is 10.2. The van der Waals surface area contributed by atoms with Crippen molar-refractivity contribution in [3.8, 4) is 11.8 Å². The summed E-state index contributed by atoms with van der Waals surface area (Å²) in [6.07, 6.45) is -5.02. The van der Waals surface area contributed by atoms with Crippen molar-refractivity contribution in [2.45, 2.75) is 6.36 Å². The molecule has 1 aromatic heterocycles. The second-order valence-electron chi connectivity index (χ2n) is 2.79. The SMILES string of the molecule is N#Cc1nc(N)c(C(N)=O)cc1OC(F)(F)F. The molecule has 1 amide bonds. The van der Waals surface area contributed by atoms with E-state index in [1.54, 1.807) is 0 Å². The topological polar surface area (TPSA) is 115 Å². The number of hydrogen-bond donors (Lipinski definition) is 2. The van der Waals surface area contributed by atoms with Crippen LogP contribution in [0.4, 0.5) is 19.0 Å². The first-order chi connectivity index (χ1) is 7.74. The molecule has 0 saturated carbocycles. The highest BCUT2D eigenvalue weighted by Crippen LogP contribution is 2.27. The van der Waals surface area contributed by atoms with Gasteiger partial charge in [-0.1, -0.05) is 0 Å². The highest BCUT2D eigenvalue weighted by molar-refractivity contribution is 5.97. The summed E-state index contributed by atoms with van der Waals surface area (Å²) >= 11 is 0. The number of amides is 1. The molecule has 0 atom stereocenters. The van der Waals surface area contributed by atoms with Crippen LogP contribution in [0.5, 0.6) is 5.75 Å². The third kappa shape index (κ3) is 2.97. The minimum atomic E-state index is -5.02. The molecular formula is C8H5F3N4O2. The molecule has 0 unspecified atom stereocenters. The molecule has 0 fully saturated rings. The molecule has 1 aromatic rings. The number of carbonyl (C=O) groups excluding carboxylic acids is 1. The number of alkyl halides is 3. The van der Waals surface area contributed by atoms with Crippen LogP contribution in [0.2, 0.25) is 0 Å². The van der Waals surface area contributed by atoms with Gasteiger partial charge in [0.1, 0.15) is 11.9 Å². The van der Waals surface area contributed by atoms with Crippen LogP contribution in [-0.4, -0.2) is 17.3 Å². The summed E-state index contributed by atoms with van der Waals surface area (Å²) in [5, 5.41) is 8.54. The Morgan fingerprint density at radius 1 is 1.53 bits per heavy atom. The molecule has 1 heterocycles. The standard InChI is InChI=1S/C8H5F3N4O2/c9-8(10,11)17-5-1-3(7(14)16)6(13)15-4(5)2-12/h1H,(H2,13,15)(H2,14,16). The van der Waals surface area contributed by atoms with Gasteiger partial charge in [0.2, 0.25) is 0 Å². The molecule has 0 bridgehead atoms. The summed E-state index contributed by atoms with van der Waals surface area (Å²) in [5.74, 6) is -2.45. The van der Waals surface area contributed by atoms with Gasteiger partial charge in [0.05, 0.1) is 5.56 Å². The van der Waals surface area contributed by atoms with Gasteiger partial charge in [-0.05, 0) is 6.07 Å². The Morgan fingerprint density at radius 2 is 2.12 bits per heavy atom. The molecule has 17 heavy (non-hydrogen) atoms. The maximum absolute atomic E-state index is 12.0. The van der Waals surface area contributed by atoms with E-state index in [2.05, 4.69) is 9.72 Å². The van der Waals surface area contributed by atoms with Crippen LogP contribution >= 0.6 is 0 Å². The molecule has 4 N–H and O–H groups in total. The van der Waals surface area contributed by atoms with Gasteiger partial charge in [-0.15, -0.1) is 13.2 Å². The van der Waals surface area contributed by atoms with Gasteiger partial charge in [0.25, 0.3) is 5.91 Å². The average molecular weight is 246 g/mol. The third-order valence-corrected chi connectivity index (χ3v) is 1.61. The monoisotopic (exact) mass is 246 g/mol. The lowest BCUT2D eigenvalue weighted by Gasteiger charge is -2.11. The Labute approximate surface area is 92.6 Å². The highest BCUT2D eigenvalue weighted by Gasteiger charge is 2.33. The number of rotatable bonds is 2. The average Bonchev–Trinajstić information content (AvgIpc) is 2.17. The number of pyridine rings is 1. The summed E-state index contributed by atoms with van der Waals surface area (Å²) in [5.41, 5.74) is 8.95. The van der Waals surface area contributed by atoms with E-state index in [0.717, 1.165) is 0 Å². The fourth-order valence-corrected chi connectivity index (χ4v) is 0.989. The number of halogens is 3. The van der Waals surface area contributed by atoms with E-state index in [4.69, 9.17) is 16.7 Å². The zero-order valence-electron chi connectivity index (χ0n) is 8.08. The molecule has 0 saturated heterocycles. The normalized spacial score (nSPS) is 10.7. The Bertz CT molecular complexity index is 507. The molecule has 0 aromatic carbocycles. The van der Waals surface area contributed by atoms with Gasteiger partial charge >= 0.3 is 6.36 Å². The molecule has 0 spiro atoms. The number of aromatic nitrogens is 1. The smallest absolute Gasteiger partial charge is 0.403 e. The van der Waals surface area contributed by atoms with Crippen molar-refractivity contribution in [2.24, 2.45) is 5.73 Å². The Morgan fingerprint density at radius 3 is 2.53 bits per heavy atom. The second-order valence-corrected chi connectivity index (χ2v) is 2.79. The predicted octanol–water partition coefficient (Wildman–Crippen LogP) is 0.533. The lowest BCUT2D eigenvalue weighted by Crippen LogP contribution is -2.20. The zero-order valence-corrected chi connectivity index (χ0v) is 8.08. The van der Waals surface area contributed by atoms with Crippen LogP contribution in [0, 0.1) is 11.3 Å². The van der Waals surface area contributed by atoms with E-state index in [9.17, 15) is 18.0 Å². The van der Waals surface area contributed by atoms with Crippen molar-refractivity contribution in [3.63, 3.8) is 0 Å². The first kappa shape index (κ1) is 12.6. The molecule has 1 rings (SSSR count). The van der Waals surface area contributed by atoms with Crippen LogP contribution < -0.4 is 16.2 Å². The van der Waals surface area contributed by atoms with Crippen molar-refractivity contribution in [2.75, 3.05) is 5.73 Å². The van der Waals surface area contributed by atoms with E-state index in [0.29, 0.717) is 6.07 Å². The summed E-state index contributed by atoms with van der Waals surface area (Å²) in [6.45, 7) is 0. The van der Waals surface area contributed by atoms with E-state index >= 15 is 0 Å². The highest BCUT2D eigenvalue weighted by atomic mass is 19.4. The lowest BCUT2D eigenvalue weighted by molar-refractivity contribution is -0.274. The first-order valence-electron chi connectivity index (χ1n) is 4.00. The molecule has 0 aliphatic heterocycles. The quantitative estimate of drug-likeness (QED) is 0.789. The number of nitrogen functional groups attached to an aromatic ring is 1. The van der Waals surface area contributed by atoms with Crippen LogP contribution in [0.1, 0.15) is 16.1 Å². The molecule has 90 valence electrons. The van der Waals surface area contributed by atoms with E-state index < -0.39 is 35.1 Å². The minimum Gasteiger partial charge on any atom is -0.403 e. The largest absolute Gasteiger partial charge is 0.573 e. The number of primary amides is 1. The number of anilines is 1. The molecule has 9 heteroatoms. The van der Waals surface area contributed by atoms with E-state index in [1.165, 1.54) is 6.07 Å². The molecule has 0 aliphatic carbocycles. The molecular weight excluding hydrogens is 241 g/mol. The number of ether oxygens (including phenoxy) is 1. The fourth-order valence-electron chi connectivity index (χ4n) is 0.989. The number of carbonyl (C=O) groups is 1. The fraction of sp³-hybridized carbons (Fsp3) is 0.125. The van der Waals surface area contributed by atoms with Crippen molar-refractivity contribution in [3.05, 3.63) is 17.3 Å². The van der Waals surface area contributed by atoms with Gasteiger partial charge < -0.3 is 16.2 Å². The summed E-state index contributed by atoms with van der Waals surface area (Å²) in [6, 6.07) is 1.98. The zero-order chi connectivity index (χ0) is 13.2. The number of nitrogens with two attached hydrogens (primary N) is 2. The van der Waals surface area contributed by atoms with Crippen LogP contribution in [0.3, 0.4) is 0 Å². The van der Waals surface area contributed by atoms with Crippen molar-refractivity contribution < 1.29 is 22.7 Å². The molecule has 0 radical (unpaired) electrons. The maximum Gasteiger partial charge on any atom is 0.573 e. The van der Waals surface area contributed by atoms with Crippen LogP contribution in [0.25, 0.3) is 0 Å². The molecule has 6 nitrogen and oxygen atoms in total. The van der Waals surface area contributed by atoms with Gasteiger partial charge in [-0.3, -0.25) is 4.79 Å². The second kappa shape index (κ2) is 4.17. The van der Waals surface area contributed by atoms with Gasteiger partial charge in [0.15, 0.2) is 11.4 Å². The third-order valence-electron chi connectivity index (χ3n) is 1.61. The summed E-state index contributed by atoms with van der Waals surface area (Å²) < 4.78 is 39.5. The first-order valence-corrected chi connectivity index (χ1v) is 4.00. The number of nitrogens with zero attached hydrogens (tertiary/aromatic N) is 2. The van der Waals surface area contributed by atoms with Gasteiger partial charge in [0, 0.05) is 0 Å². The number of nitriles is 1. The Kier molecular flexibility index (Phi) is 3.08. The predicted molar refractivity (Wildman–Crippen MR) is 48.6 cm³/mol. The minimum absolute atomic E-state index is 0.441. The maximum atomic E-state index is 12.0. The van der Waals surface area contributed by atoms with Crippen molar-refractivity contribution in [1.29, 1.82) is 5.26 Å². The van der Waals surface area contributed by atoms with Crippen molar-refractivity contribution in [1.82, 2.24) is 4.98 Å². The number of hydrogen-bond acceptors (Lipinski definition) is 5. The summed E-state index contributed by atoms with van der Waals surface area (Å²) in [7, 11) is 0. The van der Waals surface area contributed by atoms with E-state index in [1.807, 2.05) is 0 Å². The molecule has 0 aliphatic rings. The Balaban J connectivity index is 3.33.